The van der Waals surface area contributed by atoms with Crippen LogP contribution in [-0.2, 0) is 0 Å². The van der Waals surface area contributed by atoms with Crippen LogP contribution in [0.5, 0.6) is 5.75 Å². The maximum Gasteiger partial charge on any atom is 0.203 e. The van der Waals surface area contributed by atoms with Crippen molar-refractivity contribution < 1.29 is 26.1 Å². The van der Waals surface area contributed by atoms with Crippen molar-refractivity contribution in [3.63, 3.8) is 0 Å². The predicted octanol–water partition coefficient (Wildman–Crippen LogP) is 1.41. The highest BCUT2D eigenvalue weighted by Gasteiger charge is 2.03. The maximum absolute atomic E-state index is 12.9. The lowest BCUT2D eigenvalue weighted by Gasteiger charge is -1.99. The number of hydrogen-bond acceptors (Lipinski definition) is 5. The quantitative estimate of drug-likeness (QED) is 0.514. The molecule has 0 bridgehead atoms. The molecular formula is C17H14BrFN3OS-. The summed E-state index contributed by atoms with van der Waals surface area (Å²) in [4.78, 5) is 4.42. The Morgan fingerprint density at radius 2 is 1.83 bits per heavy atom. The minimum absolute atomic E-state index is 0. The van der Waals surface area contributed by atoms with E-state index in [1.807, 2.05) is 29.6 Å². The first kappa shape index (κ1) is 18.1. The van der Waals surface area contributed by atoms with Crippen LogP contribution >= 0.6 is 11.3 Å². The number of anilines is 1. The second kappa shape index (κ2) is 8.56. The smallest absolute Gasteiger partial charge is 0.203 e. The summed E-state index contributed by atoms with van der Waals surface area (Å²) >= 11 is 1.44. The van der Waals surface area contributed by atoms with Gasteiger partial charge in [-0.05, 0) is 54.1 Å². The molecule has 0 spiro atoms. The fourth-order valence-electron chi connectivity index (χ4n) is 1.93. The van der Waals surface area contributed by atoms with Crippen LogP contribution in [0.25, 0.3) is 11.3 Å². The fourth-order valence-corrected chi connectivity index (χ4v) is 2.60. The lowest BCUT2D eigenvalue weighted by molar-refractivity contribution is -0.00000546. The summed E-state index contributed by atoms with van der Waals surface area (Å²) in [5.41, 5.74) is 5.51. The number of nitrogens with one attached hydrogen (secondary N) is 1. The number of halogens is 2. The molecule has 2 aromatic carbocycles. The summed E-state index contributed by atoms with van der Waals surface area (Å²) in [7, 11) is 1.63. The van der Waals surface area contributed by atoms with E-state index in [1.54, 1.807) is 25.5 Å². The summed E-state index contributed by atoms with van der Waals surface area (Å²) in [6, 6.07) is 13.8. The number of benzene rings is 2. The SMILES string of the molecule is COc1ccc(/C=N/Nc2nc(-c3ccc(F)cc3)cs2)cc1.[Br-]. The highest BCUT2D eigenvalue weighted by Crippen LogP contribution is 2.24. The molecule has 0 aliphatic heterocycles. The van der Waals surface area contributed by atoms with Crippen molar-refractivity contribution in [2.24, 2.45) is 5.10 Å². The van der Waals surface area contributed by atoms with E-state index in [0.717, 1.165) is 22.6 Å². The van der Waals surface area contributed by atoms with Gasteiger partial charge in [0.05, 0.1) is 19.0 Å². The van der Waals surface area contributed by atoms with Crippen molar-refractivity contribution in [2.75, 3.05) is 12.5 Å². The number of thiazole rings is 1. The van der Waals surface area contributed by atoms with Crippen LogP contribution in [0.15, 0.2) is 59.0 Å². The Morgan fingerprint density at radius 1 is 1.12 bits per heavy atom. The number of aromatic nitrogens is 1. The van der Waals surface area contributed by atoms with Gasteiger partial charge in [-0.1, -0.05) is 0 Å². The van der Waals surface area contributed by atoms with Gasteiger partial charge in [0.15, 0.2) is 0 Å². The second-order valence-corrected chi connectivity index (χ2v) is 5.55. The van der Waals surface area contributed by atoms with E-state index in [0.29, 0.717) is 5.13 Å². The van der Waals surface area contributed by atoms with Crippen LogP contribution in [0.4, 0.5) is 9.52 Å². The van der Waals surface area contributed by atoms with Gasteiger partial charge in [0.25, 0.3) is 0 Å². The molecule has 0 aliphatic rings. The second-order valence-electron chi connectivity index (χ2n) is 4.69. The Bertz CT molecular complexity index is 803. The highest BCUT2D eigenvalue weighted by molar-refractivity contribution is 7.14. The van der Waals surface area contributed by atoms with Crippen molar-refractivity contribution >= 4 is 22.7 Å². The average molecular weight is 407 g/mol. The molecule has 7 heteroatoms. The number of nitrogens with zero attached hydrogens (tertiary/aromatic N) is 2. The van der Waals surface area contributed by atoms with Gasteiger partial charge in [0, 0.05) is 10.9 Å². The van der Waals surface area contributed by atoms with Crippen LogP contribution in [0.3, 0.4) is 0 Å². The first-order chi connectivity index (χ1) is 11.2. The molecule has 0 atom stereocenters. The summed E-state index contributed by atoms with van der Waals surface area (Å²) in [5.74, 6) is 0.547. The van der Waals surface area contributed by atoms with Gasteiger partial charge >= 0.3 is 0 Å². The molecule has 0 amide bonds. The molecule has 1 heterocycles. The van der Waals surface area contributed by atoms with E-state index in [1.165, 1.54) is 23.5 Å². The number of methoxy groups -OCH3 is 1. The van der Waals surface area contributed by atoms with Crippen LogP contribution in [0.1, 0.15) is 5.56 Å². The molecule has 0 saturated carbocycles. The van der Waals surface area contributed by atoms with Gasteiger partial charge in [0.2, 0.25) is 5.13 Å². The Hall–Kier alpha value is -2.25. The van der Waals surface area contributed by atoms with Gasteiger partial charge in [-0.3, -0.25) is 5.43 Å². The highest BCUT2D eigenvalue weighted by atomic mass is 79.9. The molecule has 3 rings (SSSR count). The van der Waals surface area contributed by atoms with E-state index >= 15 is 0 Å². The minimum Gasteiger partial charge on any atom is -1.00 e. The third-order valence-electron chi connectivity index (χ3n) is 3.13. The predicted molar refractivity (Wildman–Crippen MR) is 91.7 cm³/mol. The van der Waals surface area contributed by atoms with E-state index < -0.39 is 0 Å². The zero-order valence-corrected chi connectivity index (χ0v) is 15.1. The lowest BCUT2D eigenvalue weighted by Crippen LogP contribution is -3.00. The number of rotatable bonds is 5. The molecule has 1 aromatic heterocycles. The van der Waals surface area contributed by atoms with E-state index in [4.69, 9.17) is 4.74 Å². The van der Waals surface area contributed by atoms with E-state index in [-0.39, 0.29) is 22.8 Å². The van der Waals surface area contributed by atoms with Gasteiger partial charge in [-0.15, -0.1) is 11.3 Å². The topological polar surface area (TPSA) is 46.5 Å². The average Bonchev–Trinajstić information content (AvgIpc) is 3.05. The van der Waals surface area contributed by atoms with Gasteiger partial charge in [0.1, 0.15) is 11.6 Å². The zero-order chi connectivity index (χ0) is 16.1. The third-order valence-corrected chi connectivity index (χ3v) is 3.88. The largest absolute Gasteiger partial charge is 1.00 e. The third kappa shape index (κ3) is 4.62. The Labute approximate surface area is 153 Å². The molecule has 0 saturated heterocycles. The molecule has 124 valence electrons. The van der Waals surface area contributed by atoms with Crippen molar-refractivity contribution in [1.82, 2.24) is 4.98 Å². The zero-order valence-electron chi connectivity index (χ0n) is 12.7. The Morgan fingerprint density at radius 3 is 2.50 bits per heavy atom. The standard InChI is InChI=1S/C17H14FN3OS.BrH/c1-22-15-8-2-12(3-9-15)10-19-21-17-20-16(11-23-17)13-4-6-14(18)7-5-13;/h2-11H,1H3,(H,20,21);1H/p-1/b19-10+;. The van der Waals surface area contributed by atoms with Crippen LogP contribution in [-0.4, -0.2) is 18.3 Å². The molecule has 0 aliphatic carbocycles. The normalized spacial score (nSPS) is 10.4. The number of hydrazone groups is 1. The molecular weight excluding hydrogens is 393 g/mol. The number of ether oxygens (including phenoxy) is 1. The summed E-state index contributed by atoms with van der Waals surface area (Å²) < 4.78 is 18.0. The van der Waals surface area contributed by atoms with Crippen molar-refractivity contribution in [3.05, 3.63) is 65.3 Å². The number of hydrogen-bond donors (Lipinski definition) is 1. The van der Waals surface area contributed by atoms with Crippen LogP contribution in [0, 0.1) is 5.82 Å². The summed E-state index contributed by atoms with van der Waals surface area (Å²) in [5, 5.41) is 6.74. The summed E-state index contributed by atoms with van der Waals surface area (Å²) in [6.07, 6.45) is 1.71. The van der Waals surface area contributed by atoms with Crippen molar-refractivity contribution in [2.45, 2.75) is 0 Å². The molecule has 0 radical (unpaired) electrons. The van der Waals surface area contributed by atoms with Gasteiger partial charge in [-0.2, -0.15) is 5.10 Å². The maximum atomic E-state index is 12.9. The molecule has 0 unspecified atom stereocenters. The monoisotopic (exact) mass is 406 g/mol. The fraction of sp³-hybridized carbons (Fsp3) is 0.0588. The van der Waals surface area contributed by atoms with Crippen LogP contribution in [0.2, 0.25) is 0 Å². The molecule has 4 nitrogen and oxygen atoms in total. The first-order valence-corrected chi connectivity index (χ1v) is 7.77. The van der Waals surface area contributed by atoms with Crippen molar-refractivity contribution in [3.8, 4) is 17.0 Å². The van der Waals surface area contributed by atoms with E-state index in [2.05, 4.69) is 15.5 Å². The molecule has 24 heavy (non-hydrogen) atoms. The van der Waals surface area contributed by atoms with Crippen LogP contribution < -0.4 is 27.1 Å². The van der Waals surface area contributed by atoms with Gasteiger partial charge < -0.3 is 21.7 Å². The molecule has 3 aromatic rings. The van der Waals surface area contributed by atoms with E-state index in [9.17, 15) is 4.39 Å². The molecule has 1 N–H and O–H groups in total. The summed E-state index contributed by atoms with van der Waals surface area (Å²) in [6.45, 7) is 0. The lowest BCUT2D eigenvalue weighted by atomic mass is 10.2. The Balaban J connectivity index is 0.00000208. The molecule has 0 fully saturated rings. The Kier molecular flexibility index (Phi) is 6.45. The first-order valence-electron chi connectivity index (χ1n) is 6.89. The minimum atomic E-state index is -0.258. The van der Waals surface area contributed by atoms with Gasteiger partial charge in [-0.25, -0.2) is 9.37 Å². The van der Waals surface area contributed by atoms with Crippen molar-refractivity contribution in [1.29, 1.82) is 0 Å².